The van der Waals surface area contributed by atoms with Gasteiger partial charge in [0.05, 0.1) is 29.6 Å². The number of piperidine rings is 1. The van der Waals surface area contributed by atoms with Crippen molar-refractivity contribution in [2.75, 3.05) is 31.6 Å². The van der Waals surface area contributed by atoms with E-state index in [-0.39, 0.29) is 35.4 Å². The molecule has 1 saturated heterocycles. The fourth-order valence-electron chi connectivity index (χ4n) is 7.46. The molecule has 4 aromatic rings. The van der Waals surface area contributed by atoms with Crippen molar-refractivity contribution in [1.29, 1.82) is 0 Å². The number of aryl methyl sites for hydroxylation is 1. The van der Waals surface area contributed by atoms with E-state index in [0.29, 0.717) is 97.9 Å². The molecule has 1 aromatic carbocycles. The van der Waals surface area contributed by atoms with Gasteiger partial charge in [0.1, 0.15) is 12.9 Å². The van der Waals surface area contributed by atoms with Crippen LogP contribution >= 0.6 is 11.6 Å². The van der Waals surface area contributed by atoms with E-state index >= 15 is 0 Å². The van der Waals surface area contributed by atoms with Crippen LogP contribution in [0.5, 0.6) is 5.75 Å². The number of anilines is 1. The number of nitrogens with zero attached hydrogens (tertiary/aromatic N) is 7. The lowest BCUT2D eigenvalue weighted by atomic mass is 9.74. The van der Waals surface area contributed by atoms with Crippen LogP contribution in [0.4, 0.5) is 5.69 Å². The Morgan fingerprint density at radius 3 is 2.69 bits per heavy atom. The van der Waals surface area contributed by atoms with Gasteiger partial charge in [0.15, 0.2) is 17.3 Å². The zero-order valence-corrected chi connectivity index (χ0v) is 27.3. The van der Waals surface area contributed by atoms with Crippen LogP contribution in [0.2, 0.25) is 5.02 Å². The zero-order chi connectivity index (χ0) is 33.2. The third kappa shape index (κ3) is 5.25. The minimum atomic E-state index is -0.509. The van der Waals surface area contributed by atoms with Crippen LogP contribution < -0.4 is 10.9 Å². The number of benzene rings is 1. The van der Waals surface area contributed by atoms with E-state index in [9.17, 15) is 19.5 Å². The van der Waals surface area contributed by atoms with E-state index < -0.39 is 5.41 Å². The maximum absolute atomic E-state index is 14.3. The molecule has 2 fully saturated rings. The molecule has 0 unspecified atom stereocenters. The van der Waals surface area contributed by atoms with Gasteiger partial charge in [-0.3, -0.25) is 14.4 Å². The molecule has 0 atom stereocenters. The number of amides is 2. The van der Waals surface area contributed by atoms with Crippen LogP contribution in [-0.4, -0.2) is 77.3 Å². The largest absolute Gasteiger partial charge is 0.504 e. The van der Waals surface area contributed by atoms with Gasteiger partial charge in [-0.25, -0.2) is 9.97 Å². The van der Waals surface area contributed by atoms with Crippen molar-refractivity contribution in [3.8, 4) is 5.75 Å². The monoisotopic (exact) mass is 670 g/mol. The SMILES string of the molecule is Cc1ncnc(C(=O)N2CCC3(CCc4c3c(=O)n3nc(C5=CCOCC5)nc3n4CC(=O)Nc3ccc(C4CC4)cc3Cl)CC2)c1O. The van der Waals surface area contributed by atoms with Gasteiger partial charge in [0.2, 0.25) is 11.7 Å². The lowest BCUT2D eigenvalue weighted by molar-refractivity contribution is -0.116. The summed E-state index contributed by atoms with van der Waals surface area (Å²) in [6.45, 7) is 3.27. The molecule has 2 N–H and O–H groups in total. The van der Waals surface area contributed by atoms with Crippen LogP contribution in [-0.2, 0) is 27.9 Å². The highest BCUT2D eigenvalue weighted by atomic mass is 35.5. The Hall–Kier alpha value is -4.62. The Morgan fingerprint density at radius 2 is 1.96 bits per heavy atom. The van der Waals surface area contributed by atoms with Crippen molar-refractivity contribution in [2.45, 2.75) is 69.7 Å². The summed E-state index contributed by atoms with van der Waals surface area (Å²) in [6, 6.07) is 5.78. The summed E-state index contributed by atoms with van der Waals surface area (Å²) in [4.78, 5) is 55.8. The summed E-state index contributed by atoms with van der Waals surface area (Å²) < 4.78 is 8.63. The molecule has 4 aliphatic rings. The van der Waals surface area contributed by atoms with Gasteiger partial charge in [-0.05, 0) is 81.1 Å². The molecule has 14 heteroatoms. The highest BCUT2D eigenvalue weighted by Crippen LogP contribution is 2.45. The normalized spacial score (nSPS) is 18.6. The highest BCUT2D eigenvalue weighted by Gasteiger charge is 2.46. The van der Waals surface area contributed by atoms with Crippen molar-refractivity contribution in [2.24, 2.45) is 0 Å². The Labute approximate surface area is 280 Å². The minimum Gasteiger partial charge on any atom is -0.504 e. The number of hydrogen-bond acceptors (Lipinski definition) is 9. The number of halogens is 1. The van der Waals surface area contributed by atoms with Gasteiger partial charge in [0, 0.05) is 29.8 Å². The molecule has 13 nitrogen and oxygen atoms in total. The van der Waals surface area contributed by atoms with Gasteiger partial charge in [0.25, 0.3) is 11.5 Å². The summed E-state index contributed by atoms with van der Waals surface area (Å²) in [5.74, 6) is 0.412. The lowest BCUT2D eigenvalue weighted by Gasteiger charge is -2.39. The van der Waals surface area contributed by atoms with Crippen LogP contribution in [0.15, 0.2) is 35.4 Å². The molecule has 0 bridgehead atoms. The molecule has 3 aromatic heterocycles. The average Bonchev–Trinajstić information content (AvgIpc) is 3.74. The molecule has 248 valence electrons. The van der Waals surface area contributed by atoms with Crippen molar-refractivity contribution >= 4 is 40.5 Å². The van der Waals surface area contributed by atoms with Gasteiger partial charge in [-0.2, -0.15) is 9.50 Å². The Kier molecular flexibility index (Phi) is 7.55. The molecular formula is C34H35ClN8O5. The average molecular weight is 671 g/mol. The number of hydrogen-bond donors (Lipinski definition) is 2. The third-order valence-corrected chi connectivity index (χ3v) is 10.6. The lowest BCUT2D eigenvalue weighted by Crippen LogP contribution is -2.46. The van der Waals surface area contributed by atoms with Crippen molar-refractivity contribution in [3.05, 3.63) is 80.0 Å². The topological polar surface area (TPSA) is 157 Å². The first-order valence-electron chi connectivity index (χ1n) is 16.4. The van der Waals surface area contributed by atoms with Crippen LogP contribution in [0.25, 0.3) is 11.4 Å². The van der Waals surface area contributed by atoms with Crippen LogP contribution in [0.1, 0.15) is 83.3 Å². The van der Waals surface area contributed by atoms with Crippen LogP contribution in [0.3, 0.4) is 0 Å². The zero-order valence-electron chi connectivity index (χ0n) is 26.5. The van der Waals surface area contributed by atoms with Gasteiger partial charge in [-0.15, -0.1) is 5.10 Å². The Bertz CT molecular complexity index is 2080. The molecule has 2 aliphatic heterocycles. The van der Waals surface area contributed by atoms with E-state index in [1.807, 2.05) is 28.8 Å². The third-order valence-electron chi connectivity index (χ3n) is 10.3. The number of aromatic nitrogens is 6. The first-order chi connectivity index (χ1) is 23.2. The van der Waals surface area contributed by atoms with E-state index in [1.165, 1.54) is 16.4 Å². The molecule has 2 aliphatic carbocycles. The fourth-order valence-corrected chi connectivity index (χ4v) is 7.69. The standard InChI is InChI=1S/C34H35ClN8O5/c1-19-29(45)28(37-18-36-19)32(47)41-12-10-34(11-13-41)9-6-25-27(34)31(46)43-33(39-30(40-43)21-7-14-48-15-8-21)42(25)17-26(44)38-24-5-4-22(16-23(24)35)20-2-3-20/h4-5,7,16,18,20,45H,2-3,6,8-15,17H2,1H3,(H,38,44). The summed E-state index contributed by atoms with van der Waals surface area (Å²) in [5, 5.41) is 18.6. The Balaban J connectivity index is 1.13. The maximum atomic E-state index is 14.3. The number of carbonyl (C=O) groups is 2. The molecule has 5 heterocycles. The van der Waals surface area contributed by atoms with Crippen LogP contribution in [0, 0.1) is 6.92 Å². The van der Waals surface area contributed by atoms with Gasteiger partial charge >= 0.3 is 0 Å². The van der Waals surface area contributed by atoms with Gasteiger partial charge < -0.3 is 24.6 Å². The molecule has 0 radical (unpaired) electrons. The van der Waals surface area contributed by atoms with E-state index in [2.05, 4.69) is 20.4 Å². The summed E-state index contributed by atoms with van der Waals surface area (Å²) in [5.41, 5.74) is 3.55. The number of rotatable bonds is 6. The van der Waals surface area contributed by atoms with Gasteiger partial charge in [-0.1, -0.05) is 23.7 Å². The first-order valence-corrected chi connectivity index (χ1v) is 16.8. The summed E-state index contributed by atoms with van der Waals surface area (Å²) >= 11 is 6.58. The molecule has 1 spiro atoms. The number of aromatic hydroxyl groups is 1. The predicted octanol–water partition coefficient (Wildman–Crippen LogP) is 3.79. The smallest absolute Gasteiger partial charge is 0.279 e. The summed E-state index contributed by atoms with van der Waals surface area (Å²) in [6.07, 6.45) is 8.46. The molecular weight excluding hydrogens is 636 g/mol. The van der Waals surface area contributed by atoms with E-state index in [4.69, 9.17) is 21.3 Å². The second-order valence-corrected chi connectivity index (χ2v) is 13.6. The number of nitrogens with one attached hydrogen (secondary N) is 1. The van der Waals surface area contributed by atoms with Crippen molar-refractivity contribution in [3.63, 3.8) is 0 Å². The fraction of sp³-hybridized carbons (Fsp3) is 0.441. The quantitative estimate of drug-likeness (QED) is 0.312. The molecule has 2 amide bonds. The van der Waals surface area contributed by atoms with E-state index in [1.54, 1.807) is 11.8 Å². The summed E-state index contributed by atoms with van der Waals surface area (Å²) in [7, 11) is 0. The predicted molar refractivity (Wildman–Crippen MR) is 176 cm³/mol. The number of likely N-dealkylation sites (tertiary alicyclic amines) is 1. The second-order valence-electron chi connectivity index (χ2n) is 13.2. The Morgan fingerprint density at radius 1 is 1.15 bits per heavy atom. The first kappa shape index (κ1) is 30.7. The number of carbonyl (C=O) groups excluding carboxylic acids is 2. The number of fused-ring (bicyclic) bond motifs is 3. The van der Waals surface area contributed by atoms with Crippen molar-refractivity contribution < 1.29 is 19.4 Å². The molecule has 48 heavy (non-hydrogen) atoms. The second kappa shape index (κ2) is 11.8. The van der Waals surface area contributed by atoms with Crippen molar-refractivity contribution in [1.82, 2.24) is 34.0 Å². The molecule has 8 rings (SSSR count). The highest BCUT2D eigenvalue weighted by molar-refractivity contribution is 6.33. The maximum Gasteiger partial charge on any atom is 0.279 e. The van der Waals surface area contributed by atoms with E-state index in [0.717, 1.165) is 24.1 Å². The molecule has 1 saturated carbocycles. The minimum absolute atomic E-state index is 0.0276. The number of ether oxygens (including phenoxy) is 1.